The molecule has 0 spiro atoms. The van der Waals surface area contributed by atoms with E-state index in [0.29, 0.717) is 0 Å². The summed E-state index contributed by atoms with van der Waals surface area (Å²) in [4.78, 5) is 10.2. The van der Waals surface area contributed by atoms with Gasteiger partial charge < -0.3 is 10.1 Å². The lowest BCUT2D eigenvalue weighted by molar-refractivity contribution is -0.384. The summed E-state index contributed by atoms with van der Waals surface area (Å²) in [5.41, 5.74) is 1.18. The predicted molar refractivity (Wildman–Crippen MR) is 75.2 cm³/mol. The molecule has 0 heterocycles. The quantitative estimate of drug-likeness (QED) is 0.446. The molecule has 0 radical (unpaired) electrons. The van der Waals surface area contributed by atoms with Gasteiger partial charge in [0.25, 0.3) is 5.69 Å². The van der Waals surface area contributed by atoms with Gasteiger partial charge in [-0.25, -0.2) is 0 Å². The third kappa shape index (κ3) is 5.81. The maximum absolute atomic E-state index is 10.6. The maximum atomic E-state index is 10.6. The van der Waals surface area contributed by atoms with Crippen LogP contribution in [0.3, 0.4) is 0 Å². The van der Waals surface area contributed by atoms with Gasteiger partial charge in [0, 0.05) is 24.8 Å². The summed E-state index contributed by atoms with van der Waals surface area (Å²) in [5.74, 6) is 0. The number of benzene rings is 1. The molecule has 0 aliphatic heterocycles. The minimum atomic E-state index is -0.384. The highest BCUT2D eigenvalue weighted by Gasteiger charge is 2.08. The number of nitrogens with zero attached hydrogens (tertiary/aromatic N) is 1. The maximum Gasteiger partial charge on any atom is 0.269 e. The molecule has 0 aliphatic rings. The fraction of sp³-hybridized carbons (Fsp3) is 0.571. The van der Waals surface area contributed by atoms with Gasteiger partial charge in [0.1, 0.15) is 0 Å². The van der Waals surface area contributed by atoms with E-state index in [2.05, 4.69) is 5.32 Å². The van der Waals surface area contributed by atoms with Crippen LogP contribution in [0.25, 0.3) is 0 Å². The summed E-state index contributed by atoms with van der Waals surface area (Å²) in [6.45, 7) is 7.70. The van der Waals surface area contributed by atoms with Crippen molar-refractivity contribution in [3.05, 3.63) is 39.9 Å². The molecule has 0 amide bonds. The van der Waals surface area contributed by atoms with Gasteiger partial charge in [0.05, 0.1) is 11.0 Å². The number of ether oxygens (including phenoxy) is 1. The molecule has 1 rings (SSSR count). The van der Waals surface area contributed by atoms with Crippen molar-refractivity contribution in [2.24, 2.45) is 0 Å². The Kier molecular flexibility index (Phi) is 6.45. The van der Waals surface area contributed by atoms with E-state index < -0.39 is 0 Å². The van der Waals surface area contributed by atoms with Crippen LogP contribution in [0.15, 0.2) is 24.3 Å². The van der Waals surface area contributed by atoms with Gasteiger partial charge in [-0.1, -0.05) is 12.1 Å². The van der Waals surface area contributed by atoms with Gasteiger partial charge in [-0.15, -0.1) is 0 Å². The molecule has 5 nitrogen and oxygen atoms in total. The molecule has 0 aromatic heterocycles. The molecule has 1 aromatic carbocycles. The van der Waals surface area contributed by atoms with Crippen molar-refractivity contribution >= 4 is 5.69 Å². The van der Waals surface area contributed by atoms with Gasteiger partial charge in [-0.3, -0.25) is 10.1 Å². The molecule has 0 saturated carbocycles. The minimum Gasteiger partial charge on any atom is -0.379 e. The Hall–Kier alpha value is -1.46. The molecule has 1 atom stereocenters. The third-order valence-corrected chi connectivity index (χ3v) is 2.83. The average Bonchev–Trinajstić information content (AvgIpc) is 2.37. The Morgan fingerprint density at radius 2 is 1.89 bits per heavy atom. The zero-order valence-corrected chi connectivity index (χ0v) is 11.8. The van der Waals surface area contributed by atoms with Crippen LogP contribution in [0.1, 0.15) is 38.8 Å². The fourth-order valence-electron chi connectivity index (χ4n) is 1.71. The highest BCUT2D eigenvalue weighted by Crippen LogP contribution is 2.17. The summed E-state index contributed by atoms with van der Waals surface area (Å²) in [6.07, 6.45) is 1.22. The largest absolute Gasteiger partial charge is 0.379 e. The van der Waals surface area contributed by atoms with Crippen LogP contribution in [0.2, 0.25) is 0 Å². The van der Waals surface area contributed by atoms with Crippen LogP contribution < -0.4 is 5.32 Å². The number of nitrogens with one attached hydrogen (secondary N) is 1. The minimum absolute atomic E-state index is 0.126. The average molecular weight is 266 g/mol. The molecule has 0 saturated heterocycles. The summed E-state index contributed by atoms with van der Waals surface area (Å²) >= 11 is 0. The SMILES string of the molecule is CC(C)OCCCNC(C)c1ccc([N+](=O)[O-])cc1. The van der Waals surface area contributed by atoms with Crippen molar-refractivity contribution in [1.29, 1.82) is 0 Å². The second-order valence-electron chi connectivity index (χ2n) is 4.80. The zero-order chi connectivity index (χ0) is 14.3. The molecule has 0 bridgehead atoms. The van der Waals surface area contributed by atoms with E-state index in [1.165, 1.54) is 12.1 Å². The van der Waals surface area contributed by atoms with Gasteiger partial charge in [-0.2, -0.15) is 0 Å². The van der Waals surface area contributed by atoms with E-state index in [4.69, 9.17) is 4.74 Å². The number of non-ortho nitro benzene ring substituents is 1. The highest BCUT2D eigenvalue weighted by atomic mass is 16.6. The number of nitro benzene ring substituents is 1. The topological polar surface area (TPSA) is 64.4 Å². The molecule has 1 aromatic rings. The van der Waals surface area contributed by atoms with Crippen molar-refractivity contribution in [2.75, 3.05) is 13.2 Å². The zero-order valence-electron chi connectivity index (χ0n) is 11.8. The van der Waals surface area contributed by atoms with Crippen LogP contribution in [-0.4, -0.2) is 24.2 Å². The van der Waals surface area contributed by atoms with Crippen LogP contribution in [0.4, 0.5) is 5.69 Å². The van der Waals surface area contributed by atoms with Gasteiger partial charge >= 0.3 is 0 Å². The molecule has 1 unspecified atom stereocenters. The first kappa shape index (κ1) is 15.6. The van der Waals surface area contributed by atoms with Crippen LogP contribution in [0.5, 0.6) is 0 Å². The number of nitro groups is 1. The first-order chi connectivity index (χ1) is 9.00. The molecular formula is C14H22N2O3. The fourth-order valence-corrected chi connectivity index (χ4v) is 1.71. The molecule has 0 aliphatic carbocycles. The van der Waals surface area contributed by atoms with E-state index in [9.17, 15) is 10.1 Å². The highest BCUT2D eigenvalue weighted by molar-refractivity contribution is 5.33. The molecule has 106 valence electrons. The van der Waals surface area contributed by atoms with Gasteiger partial charge in [0.2, 0.25) is 0 Å². The van der Waals surface area contributed by atoms with E-state index in [1.54, 1.807) is 12.1 Å². The molecule has 0 fully saturated rings. The Balaban J connectivity index is 2.33. The normalized spacial score (nSPS) is 12.6. The van der Waals surface area contributed by atoms with Gasteiger partial charge in [0.15, 0.2) is 0 Å². The monoisotopic (exact) mass is 266 g/mol. The van der Waals surface area contributed by atoms with Crippen LogP contribution in [-0.2, 0) is 4.74 Å². The van der Waals surface area contributed by atoms with Crippen molar-refractivity contribution in [3.63, 3.8) is 0 Å². The Labute approximate surface area is 114 Å². The summed E-state index contributed by atoms with van der Waals surface area (Å²) in [5, 5.41) is 13.9. The Bertz CT molecular complexity index is 390. The second-order valence-corrected chi connectivity index (χ2v) is 4.80. The first-order valence-electron chi connectivity index (χ1n) is 6.60. The van der Waals surface area contributed by atoms with Crippen LogP contribution >= 0.6 is 0 Å². The summed E-state index contributed by atoms with van der Waals surface area (Å²) in [7, 11) is 0. The smallest absolute Gasteiger partial charge is 0.269 e. The lowest BCUT2D eigenvalue weighted by atomic mass is 10.1. The number of hydrogen-bond acceptors (Lipinski definition) is 4. The van der Waals surface area contributed by atoms with Crippen molar-refractivity contribution in [2.45, 2.75) is 39.3 Å². The van der Waals surface area contributed by atoms with Crippen molar-refractivity contribution in [1.82, 2.24) is 5.32 Å². The van der Waals surface area contributed by atoms with Crippen LogP contribution in [0, 0.1) is 10.1 Å². The second kappa shape index (κ2) is 7.86. The Morgan fingerprint density at radius 3 is 2.42 bits per heavy atom. The summed E-state index contributed by atoms with van der Waals surface area (Å²) < 4.78 is 5.46. The summed E-state index contributed by atoms with van der Waals surface area (Å²) in [6, 6.07) is 6.84. The van der Waals surface area contributed by atoms with Crippen molar-refractivity contribution in [3.8, 4) is 0 Å². The third-order valence-electron chi connectivity index (χ3n) is 2.83. The van der Waals surface area contributed by atoms with E-state index >= 15 is 0 Å². The molecule has 5 heteroatoms. The van der Waals surface area contributed by atoms with E-state index in [0.717, 1.165) is 25.1 Å². The Morgan fingerprint density at radius 1 is 1.26 bits per heavy atom. The number of rotatable bonds is 8. The molecule has 19 heavy (non-hydrogen) atoms. The number of hydrogen-bond donors (Lipinski definition) is 1. The lowest BCUT2D eigenvalue weighted by Crippen LogP contribution is -2.21. The van der Waals surface area contributed by atoms with Gasteiger partial charge in [-0.05, 0) is 39.3 Å². The predicted octanol–water partition coefficient (Wildman–Crippen LogP) is 3.06. The van der Waals surface area contributed by atoms with Crippen molar-refractivity contribution < 1.29 is 9.66 Å². The standard InChI is InChI=1S/C14H22N2O3/c1-11(2)19-10-4-9-15-12(3)13-5-7-14(8-6-13)16(17)18/h5-8,11-12,15H,4,9-10H2,1-3H3. The lowest BCUT2D eigenvalue weighted by Gasteiger charge is -2.14. The van der Waals surface area contributed by atoms with E-state index in [-0.39, 0.29) is 22.8 Å². The molecule has 1 N–H and O–H groups in total. The van der Waals surface area contributed by atoms with E-state index in [1.807, 2.05) is 20.8 Å². The molecular weight excluding hydrogens is 244 g/mol. The first-order valence-corrected chi connectivity index (χ1v) is 6.60.